The summed E-state index contributed by atoms with van der Waals surface area (Å²) in [5, 5.41) is 3.54. The fourth-order valence-corrected chi connectivity index (χ4v) is 4.20. The Morgan fingerprint density at radius 1 is 1.06 bits per heavy atom. The number of carbonyl (C=O) groups is 1. The number of nitrogens with zero attached hydrogens (tertiary/aromatic N) is 1. The van der Waals surface area contributed by atoms with Gasteiger partial charge in [0.2, 0.25) is 0 Å². The molecule has 4 aromatic rings. The first kappa shape index (κ1) is 19.3. The average molecular weight is 430 g/mol. The van der Waals surface area contributed by atoms with Gasteiger partial charge in [0.1, 0.15) is 5.75 Å². The van der Waals surface area contributed by atoms with E-state index in [-0.39, 0.29) is 22.3 Å². The summed E-state index contributed by atoms with van der Waals surface area (Å²) in [4.78, 5) is 29.1. The van der Waals surface area contributed by atoms with Crippen molar-refractivity contribution in [1.82, 2.24) is 14.9 Å². The van der Waals surface area contributed by atoms with E-state index >= 15 is 0 Å². The second kappa shape index (κ2) is 7.85. The summed E-state index contributed by atoms with van der Waals surface area (Å²) in [5.41, 5.74) is 2.42. The highest BCUT2D eigenvalue weighted by atomic mass is 32.1. The summed E-state index contributed by atoms with van der Waals surface area (Å²) in [7, 11) is 0. The molecule has 5 rings (SSSR count). The minimum Gasteiger partial charge on any atom is -0.493 e. The Morgan fingerprint density at radius 3 is 2.68 bits per heavy atom. The third-order valence-electron chi connectivity index (χ3n) is 5.44. The average Bonchev–Trinajstić information content (AvgIpc) is 2.79. The molecule has 0 radical (unpaired) electrons. The number of aromatic nitrogens is 2. The maximum atomic E-state index is 13.0. The lowest BCUT2D eigenvalue weighted by Gasteiger charge is -2.26. The highest BCUT2D eigenvalue weighted by Crippen LogP contribution is 2.31. The van der Waals surface area contributed by atoms with E-state index in [0.29, 0.717) is 35.2 Å². The Labute approximate surface area is 183 Å². The molecule has 0 bridgehead atoms. The maximum Gasteiger partial charge on any atom is 0.266 e. The molecule has 0 saturated heterocycles. The zero-order chi connectivity index (χ0) is 21.4. The van der Waals surface area contributed by atoms with Crippen LogP contribution in [0.5, 0.6) is 5.75 Å². The molecule has 1 aliphatic rings. The first-order chi connectivity index (χ1) is 15.1. The second-order valence-electron chi connectivity index (χ2n) is 7.37. The van der Waals surface area contributed by atoms with Crippen molar-refractivity contribution in [3.63, 3.8) is 0 Å². The first-order valence-corrected chi connectivity index (χ1v) is 10.4. The molecule has 1 unspecified atom stereocenters. The molecule has 1 aromatic heterocycles. The lowest BCUT2D eigenvalue weighted by molar-refractivity contribution is 0.0925. The summed E-state index contributed by atoms with van der Waals surface area (Å²) in [6.45, 7) is 0.547. The van der Waals surface area contributed by atoms with Gasteiger partial charge in [0.25, 0.3) is 11.5 Å². The van der Waals surface area contributed by atoms with Crippen LogP contribution in [0.25, 0.3) is 16.6 Å². The Hall–Kier alpha value is -3.71. The summed E-state index contributed by atoms with van der Waals surface area (Å²) >= 11 is 5.43. The molecule has 0 aliphatic carbocycles. The number of carbonyl (C=O) groups excluding carboxylic acids is 1. The van der Waals surface area contributed by atoms with Gasteiger partial charge in [-0.15, -0.1) is 0 Å². The lowest BCUT2D eigenvalue weighted by Crippen LogP contribution is -2.32. The van der Waals surface area contributed by atoms with Gasteiger partial charge in [-0.25, -0.2) is 0 Å². The molecule has 1 atom stereocenters. The van der Waals surface area contributed by atoms with Crippen molar-refractivity contribution in [3.05, 3.63) is 99.0 Å². The van der Waals surface area contributed by atoms with Crippen molar-refractivity contribution in [1.29, 1.82) is 0 Å². The smallest absolute Gasteiger partial charge is 0.266 e. The van der Waals surface area contributed by atoms with Crippen LogP contribution in [-0.4, -0.2) is 22.1 Å². The zero-order valence-electron chi connectivity index (χ0n) is 16.5. The first-order valence-electron chi connectivity index (χ1n) is 9.99. The molecule has 31 heavy (non-hydrogen) atoms. The van der Waals surface area contributed by atoms with E-state index in [1.54, 1.807) is 18.2 Å². The van der Waals surface area contributed by atoms with Gasteiger partial charge >= 0.3 is 0 Å². The molecule has 0 fully saturated rings. The van der Waals surface area contributed by atoms with Gasteiger partial charge in [-0.05, 0) is 48.6 Å². The lowest BCUT2D eigenvalue weighted by atomic mass is 10.00. The van der Waals surface area contributed by atoms with Crippen molar-refractivity contribution in [2.24, 2.45) is 0 Å². The van der Waals surface area contributed by atoms with E-state index in [0.717, 1.165) is 11.3 Å². The van der Waals surface area contributed by atoms with Crippen molar-refractivity contribution in [2.75, 3.05) is 6.61 Å². The molecule has 1 amide bonds. The van der Waals surface area contributed by atoms with Crippen LogP contribution < -0.4 is 15.6 Å². The number of fused-ring (bicyclic) bond motifs is 2. The molecule has 1 aliphatic heterocycles. The summed E-state index contributed by atoms with van der Waals surface area (Å²) in [6.07, 6.45) is 0.695. The van der Waals surface area contributed by atoms with E-state index in [2.05, 4.69) is 10.3 Å². The van der Waals surface area contributed by atoms with E-state index < -0.39 is 0 Å². The molecular weight excluding hydrogens is 410 g/mol. The van der Waals surface area contributed by atoms with Crippen molar-refractivity contribution in [3.8, 4) is 11.4 Å². The van der Waals surface area contributed by atoms with Gasteiger partial charge in [0.15, 0.2) is 4.77 Å². The number of aromatic amines is 1. The number of benzene rings is 3. The normalized spacial score (nSPS) is 15.2. The van der Waals surface area contributed by atoms with Crippen LogP contribution in [0, 0.1) is 4.77 Å². The van der Waals surface area contributed by atoms with Gasteiger partial charge < -0.3 is 15.0 Å². The number of hydrogen-bond donors (Lipinski definition) is 2. The third kappa shape index (κ3) is 3.53. The summed E-state index contributed by atoms with van der Waals surface area (Å²) in [6, 6.07) is 21.8. The summed E-state index contributed by atoms with van der Waals surface area (Å²) in [5.74, 6) is 0.582. The van der Waals surface area contributed by atoms with Crippen LogP contribution >= 0.6 is 12.2 Å². The fraction of sp³-hybridized carbons (Fsp3) is 0.125. The minimum absolute atomic E-state index is 0.127. The number of H-pyrrole nitrogens is 1. The van der Waals surface area contributed by atoms with E-state index in [1.165, 1.54) is 4.57 Å². The molecule has 0 spiro atoms. The van der Waals surface area contributed by atoms with Gasteiger partial charge in [0, 0.05) is 17.5 Å². The van der Waals surface area contributed by atoms with Crippen molar-refractivity contribution >= 4 is 29.0 Å². The van der Waals surface area contributed by atoms with Crippen LogP contribution in [0.1, 0.15) is 28.4 Å². The van der Waals surface area contributed by atoms with Gasteiger partial charge in [0.05, 0.1) is 29.2 Å². The predicted molar refractivity (Wildman–Crippen MR) is 121 cm³/mol. The Balaban J connectivity index is 1.49. The standard InChI is InChI=1S/C24H19N3O3S/c28-22(25-19-12-13-30-21-9-5-4-8-17(19)21)15-10-11-18-20(14-15)26-24(31)27(23(18)29)16-6-2-1-3-7-16/h1-11,14,19H,12-13H2,(H,25,28)(H,26,31). The fourth-order valence-electron chi connectivity index (χ4n) is 3.90. The third-order valence-corrected chi connectivity index (χ3v) is 5.72. The molecule has 3 aromatic carbocycles. The van der Waals surface area contributed by atoms with Crippen molar-refractivity contribution in [2.45, 2.75) is 12.5 Å². The Bertz CT molecular complexity index is 1410. The van der Waals surface area contributed by atoms with E-state index in [9.17, 15) is 9.59 Å². The Morgan fingerprint density at radius 2 is 1.84 bits per heavy atom. The largest absolute Gasteiger partial charge is 0.493 e. The Kier molecular flexibility index (Phi) is 4.88. The molecule has 2 heterocycles. The van der Waals surface area contributed by atoms with Crippen LogP contribution in [0.15, 0.2) is 77.6 Å². The highest BCUT2D eigenvalue weighted by Gasteiger charge is 2.23. The second-order valence-corrected chi connectivity index (χ2v) is 7.75. The minimum atomic E-state index is -0.227. The number of rotatable bonds is 3. The number of nitrogens with one attached hydrogen (secondary N) is 2. The van der Waals surface area contributed by atoms with Crippen LogP contribution in [-0.2, 0) is 0 Å². The molecule has 2 N–H and O–H groups in total. The zero-order valence-corrected chi connectivity index (χ0v) is 17.3. The van der Waals surface area contributed by atoms with Crippen LogP contribution in [0.3, 0.4) is 0 Å². The van der Waals surface area contributed by atoms with Crippen LogP contribution in [0.4, 0.5) is 0 Å². The quantitative estimate of drug-likeness (QED) is 0.476. The van der Waals surface area contributed by atoms with Gasteiger partial charge in [-0.3, -0.25) is 14.2 Å². The maximum absolute atomic E-state index is 13.0. The number of para-hydroxylation sites is 2. The number of ether oxygens (including phenoxy) is 1. The molecule has 0 saturated carbocycles. The molecular formula is C24H19N3O3S. The molecule has 7 heteroatoms. The highest BCUT2D eigenvalue weighted by molar-refractivity contribution is 7.71. The predicted octanol–water partition coefficient (Wildman–Crippen LogP) is 4.30. The molecule has 154 valence electrons. The van der Waals surface area contributed by atoms with E-state index in [4.69, 9.17) is 17.0 Å². The van der Waals surface area contributed by atoms with Gasteiger partial charge in [-0.2, -0.15) is 0 Å². The number of amides is 1. The molecule has 6 nitrogen and oxygen atoms in total. The van der Waals surface area contributed by atoms with E-state index in [1.807, 2.05) is 54.6 Å². The SMILES string of the molecule is O=C(NC1CCOc2ccccc21)c1ccc2c(=O)n(-c3ccccc3)c(=S)[nH]c2c1. The van der Waals surface area contributed by atoms with Crippen molar-refractivity contribution < 1.29 is 9.53 Å². The monoisotopic (exact) mass is 429 g/mol. The summed E-state index contributed by atoms with van der Waals surface area (Å²) < 4.78 is 7.40. The van der Waals surface area contributed by atoms with Crippen LogP contribution in [0.2, 0.25) is 0 Å². The number of hydrogen-bond acceptors (Lipinski definition) is 4. The topological polar surface area (TPSA) is 76.1 Å². The van der Waals surface area contributed by atoms with Gasteiger partial charge in [-0.1, -0.05) is 36.4 Å².